The molecular formula is C15H17N3O2. The summed E-state index contributed by atoms with van der Waals surface area (Å²) in [5, 5.41) is 12.0. The minimum Gasteiger partial charge on any atom is -0.489 e. The molecule has 0 spiro atoms. The molecule has 0 unspecified atom stereocenters. The molecule has 0 aromatic heterocycles. The average molecular weight is 271 g/mol. The van der Waals surface area contributed by atoms with Gasteiger partial charge in [-0.3, -0.25) is 4.79 Å². The van der Waals surface area contributed by atoms with E-state index in [-0.39, 0.29) is 5.91 Å². The van der Waals surface area contributed by atoms with Gasteiger partial charge in [0.15, 0.2) is 5.75 Å². The average Bonchev–Trinajstić information content (AvgIpc) is 3.31. The fraction of sp³-hybridized carbons (Fsp3) is 0.467. The molecule has 1 saturated carbocycles. The fourth-order valence-corrected chi connectivity index (χ4v) is 2.50. The summed E-state index contributed by atoms with van der Waals surface area (Å²) in [4.78, 5) is 14.5. The first-order chi connectivity index (χ1) is 9.81. The molecule has 1 amide bonds. The van der Waals surface area contributed by atoms with Gasteiger partial charge in [0.05, 0.1) is 23.7 Å². The Balaban J connectivity index is 1.87. The number of nitrogens with one attached hydrogen (secondary N) is 1. The van der Waals surface area contributed by atoms with Crippen molar-refractivity contribution in [1.29, 1.82) is 5.26 Å². The molecule has 104 valence electrons. The molecule has 1 aromatic carbocycles. The van der Waals surface area contributed by atoms with Gasteiger partial charge in [0.1, 0.15) is 6.61 Å². The van der Waals surface area contributed by atoms with Crippen LogP contribution in [0.3, 0.4) is 0 Å². The summed E-state index contributed by atoms with van der Waals surface area (Å²) in [6.45, 7) is 1.82. The van der Waals surface area contributed by atoms with Crippen LogP contribution in [0.4, 0.5) is 5.69 Å². The second kappa shape index (κ2) is 5.41. The van der Waals surface area contributed by atoms with Gasteiger partial charge < -0.3 is 15.0 Å². The molecule has 3 rings (SSSR count). The van der Waals surface area contributed by atoms with Crippen LogP contribution < -0.4 is 10.1 Å². The molecule has 0 radical (unpaired) electrons. The van der Waals surface area contributed by atoms with E-state index in [2.05, 4.69) is 11.4 Å². The highest BCUT2D eigenvalue weighted by atomic mass is 16.5. The van der Waals surface area contributed by atoms with E-state index in [1.807, 2.05) is 17.0 Å². The number of hydrogen-bond acceptors (Lipinski definition) is 4. The second-order valence-corrected chi connectivity index (χ2v) is 5.10. The molecular weight excluding hydrogens is 254 g/mol. The number of rotatable bonds is 4. The summed E-state index contributed by atoms with van der Waals surface area (Å²) in [5.74, 6) is 0.620. The Kier molecular flexibility index (Phi) is 3.46. The number of ether oxygens (including phenoxy) is 1. The van der Waals surface area contributed by atoms with Crippen molar-refractivity contribution < 1.29 is 9.53 Å². The highest BCUT2D eigenvalue weighted by Gasteiger charge is 2.34. The lowest BCUT2D eigenvalue weighted by Crippen LogP contribution is -2.34. The van der Waals surface area contributed by atoms with Crippen molar-refractivity contribution in [3.8, 4) is 11.8 Å². The zero-order valence-electron chi connectivity index (χ0n) is 11.3. The van der Waals surface area contributed by atoms with E-state index in [0.29, 0.717) is 36.9 Å². The highest BCUT2D eigenvalue weighted by molar-refractivity contribution is 5.99. The largest absolute Gasteiger partial charge is 0.489 e. The first-order valence-electron chi connectivity index (χ1n) is 6.99. The molecule has 5 nitrogen and oxygen atoms in total. The van der Waals surface area contributed by atoms with Crippen LogP contribution in [0.25, 0.3) is 0 Å². The Morgan fingerprint density at radius 1 is 1.50 bits per heavy atom. The number of benzene rings is 1. The lowest BCUT2D eigenvalue weighted by molar-refractivity contribution is 0.0742. The van der Waals surface area contributed by atoms with Gasteiger partial charge in [-0.1, -0.05) is 6.07 Å². The van der Waals surface area contributed by atoms with Crippen LogP contribution in [0.1, 0.15) is 29.6 Å². The molecule has 1 fully saturated rings. The molecule has 1 N–H and O–H groups in total. The maximum atomic E-state index is 12.7. The lowest BCUT2D eigenvalue weighted by Gasteiger charge is -2.25. The molecule has 0 saturated heterocycles. The first kappa shape index (κ1) is 12.8. The SMILES string of the molecule is N#CCCN(C(=O)c1cccc2c1OCCN2)C1CC1. The van der Waals surface area contributed by atoms with Gasteiger partial charge >= 0.3 is 0 Å². The number of anilines is 1. The summed E-state index contributed by atoms with van der Waals surface area (Å²) >= 11 is 0. The number of carbonyl (C=O) groups excluding carboxylic acids is 1. The standard InChI is InChI=1S/C15H17N3O2/c16-7-2-9-18(11-5-6-11)15(19)12-3-1-4-13-14(12)20-10-8-17-13/h1,3-4,11,17H,2,5-6,8-10H2. The van der Waals surface area contributed by atoms with Crippen LogP contribution in [-0.2, 0) is 0 Å². The molecule has 1 aliphatic carbocycles. The van der Waals surface area contributed by atoms with E-state index in [0.717, 1.165) is 25.1 Å². The summed E-state index contributed by atoms with van der Waals surface area (Å²) in [5.41, 5.74) is 1.47. The van der Waals surface area contributed by atoms with Crippen LogP contribution in [0.5, 0.6) is 5.75 Å². The van der Waals surface area contributed by atoms with Gasteiger partial charge in [-0.2, -0.15) is 5.26 Å². The van der Waals surface area contributed by atoms with Crippen molar-refractivity contribution in [3.63, 3.8) is 0 Å². The van der Waals surface area contributed by atoms with Crippen molar-refractivity contribution >= 4 is 11.6 Å². The summed E-state index contributed by atoms with van der Waals surface area (Å²) in [6, 6.07) is 7.99. The molecule has 2 aliphatic rings. The predicted molar refractivity (Wildman–Crippen MR) is 74.7 cm³/mol. The third-order valence-corrected chi connectivity index (χ3v) is 3.62. The Labute approximate surface area is 118 Å². The minimum atomic E-state index is -0.0247. The third kappa shape index (κ3) is 2.42. The van der Waals surface area contributed by atoms with Gasteiger partial charge in [-0.25, -0.2) is 0 Å². The van der Waals surface area contributed by atoms with Crippen LogP contribution in [-0.4, -0.2) is 36.5 Å². The molecule has 1 heterocycles. The van der Waals surface area contributed by atoms with Crippen molar-refractivity contribution in [1.82, 2.24) is 4.90 Å². The summed E-state index contributed by atoms with van der Waals surface area (Å²) < 4.78 is 5.66. The number of carbonyl (C=O) groups is 1. The van der Waals surface area contributed by atoms with Crippen molar-refractivity contribution in [2.24, 2.45) is 0 Å². The molecule has 1 aliphatic heterocycles. The van der Waals surface area contributed by atoms with E-state index in [9.17, 15) is 4.79 Å². The van der Waals surface area contributed by atoms with E-state index >= 15 is 0 Å². The summed E-state index contributed by atoms with van der Waals surface area (Å²) in [6.07, 6.45) is 2.44. The first-order valence-corrected chi connectivity index (χ1v) is 6.99. The lowest BCUT2D eigenvalue weighted by atomic mass is 10.1. The smallest absolute Gasteiger partial charge is 0.257 e. The van der Waals surface area contributed by atoms with Gasteiger partial charge in [0.2, 0.25) is 0 Å². The Bertz CT molecular complexity index is 561. The minimum absolute atomic E-state index is 0.0247. The molecule has 1 aromatic rings. The Morgan fingerprint density at radius 2 is 2.35 bits per heavy atom. The number of amides is 1. The third-order valence-electron chi connectivity index (χ3n) is 3.62. The van der Waals surface area contributed by atoms with Crippen molar-refractivity contribution in [2.75, 3.05) is 25.0 Å². The van der Waals surface area contributed by atoms with Crippen LogP contribution in [0.2, 0.25) is 0 Å². The van der Waals surface area contributed by atoms with Gasteiger partial charge in [0.25, 0.3) is 5.91 Å². The highest BCUT2D eigenvalue weighted by Crippen LogP contribution is 2.35. The van der Waals surface area contributed by atoms with Gasteiger partial charge in [0, 0.05) is 19.1 Å². The normalized spacial score (nSPS) is 16.4. The zero-order chi connectivity index (χ0) is 13.9. The van der Waals surface area contributed by atoms with E-state index < -0.39 is 0 Å². The Hall–Kier alpha value is -2.22. The quantitative estimate of drug-likeness (QED) is 0.909. The zero-order valence-corrected chi connectivity index (χ0v) is 11.3. The maximum Gasteiger partial charge on any atom is 0.257 e. The summed E-state index contributed by atoms with van der Waals surface area (Å²) in [7, 11) is 0. The maximum absolute atomic E-state index is 12.7. The van der Waals surface area contributed by atoms with Gasteiger partial charge in [-0.05, 0) is 25.0 Å². The molecule has 5 heteroatoms. The molecule has 0 atom stereocenters. The number of nitriles is 1. The fourth-order valence-electron chi connectivity index (χ4n) is 2.50. The second-order valence-electron chi connectivity index (χ2n) is 5.10. The number of nitrogens with zero attached hydrogens (tertiary/aromatic N) is 2. The number of hydrogen-bond donors (Lipinski definition) is 1. The number of fused-ring (bicyclic) bond motifs is 1. The Morgan fingerprint density at radius 3 is 3.10 bits per heavy atom. The van der Waals surface area contributed by atoms with Crippen LogP contribution in [0.15, 0.2) is 18.2 Å². The van der Waals surface area contributed by atoms with Crippen molar-refractivity contribution in [2.45, 2.75) is 25.3 Å². The van der Waals surface area contributed by atoms with E-state index in [4.69, 9.17) is 10.00 Å². The molecule has 0 bridgehead atoms. The topological polar surface area (TPSA) is 65.4 Å². The van der Waals surface area contributed by atoms with Crippen molar-refractivity contribution in [3.05, 3.63) is 23.8 Å². The van der Waals surface area contributed by atoms with E-state index in [1.54, 1.807) is 6.07 Å². The molecule has 20 heavy (non-hydrogen) atoms. The monoisotopic (exact) mass is 271 g/mol. The van der Waals surface area contributed by atoms with Gasteiger partial charge in [-0.15, -0.1) is 0 Å². The number of para-hydroxylation sites is 1. The van der Waals surface area contributed by atoms with Crippen LogP contribution in [0, 0.1) is 11.3 Å². The van der Waals surface area contributed by atoms with E-state index in [1.165, 1.54) is 0 Å². The predicted octanol–water partition coefficient (Wildman–Crippen LogP) is 2.01. The van der Waals surface area contributed by atoms with Crippen LogP contribution >= 0.6 is 0 Å².